The molecule has 0 aliphatic heterocycles. The maximum absolute atomic E-state index is 10.9. The summed E-state index contributed by atoms with van der Waals surface area (Å²) in [7, 11) is 1.87. The Kier molecular flexibility index (Phi) is 4.10. The van der Waals surface area contributed by atoms with Crippen LogP contribution in [-0.2, 0) is 6.54 Å². The van der Waals surface area contributed by atoms with Crippen molar-refractivity contribution in [1.82, 2.24) is 0 Å². The molecule has 0 aliphatic rings. The summed E-state index contributed by atoms with van der Waals surface area (Å²) in [6.07, 6.45) is 0. The molecule has 106 valence electrons. The molecule has 3 N–H and O–H groups in total. The van der Waals surface area contributed by atoms with E-state index >= 15 is 0 Å². The van der Waals surface area contributed by atoms with Gasteiger partial charge in [-0.15, -0.1) is 0 Å². The molecule has 0 amide bonds. The molecule has 0 saturated carbocycles. The zero-order chi connectivity index (χ0) is 15.4. The van der Waals surface area contributed by atoms with Crippen LogP contribution in [0.4, 0.5) is 11.4 Å². The molecule has 0 fully saturated rings. The fourth-order valence-electron chi connectivity index (χ4n) is 2.13. The summed E-state index contributed by atoms with van der Waals surface area (Å²) in [4.78, 5) is 12.8. The van der Waals surface area contributed by atoms with E-state index in [4.69, 9.17) is 16.1 Å². The highest BCUT2D eigenvalue weighted by molar-refractivity contribution is 5.90. The Bertz CT molecular complexity index is 720. The first-order chi connectivity index (χ1) is 10.0. The second kappa shape index (κ2) is 5.97. The molecule has 0 heterocycles. The second-order valence-corrected chi connectivity index (χ2v) is 4.75. The van der Waals surface area contributed by atoms with Crippen LogP contribution in [0.1, 0.15) is 21.5 Å². The van der Waals surface area contributed by atoms with Crippen LogP contribution >= 0.6 is 0 Å². The highest BCUT2D eigenvalue weighted by Crippen LogP contribution is 2.25. The van der Waals surface area contributed by atoms with Gasteiger partial charge in [0, 0.05) is 13.6 Å². The highest BCUT2D eigenvalue weighted by Gasteiger charge is 2.10. The smallest absolute Gasteiger partial charge is 0.335 e. The van der Waals surface area contributed by atoms with Crippen LogP contribution < -0.4 is 10.6 Å². The van der Waals surface area contributed by atoms with Gasteiger partial charge in [0.05, 0.1) is 28.6 Å². The Hall–Kier alpha value is -3.00. The van der Waals surface area contributed by atoms with Crippen molar-refractivity contribution < 1.29 is 9.90 Å². The van der Waals surface area contributed by atoms with Crippen molar-refractivity contribution in [2.75, 3.05) is 17.7 Å². The third-order valence-electron chi connectivity index (χ3n) is 3.16. The fourth-order valence-corrected chi connectivity index (χ4v) is 2.13. The number of aromatic carboxylic acids is 1. The quantitative estimate of drug-likeness (QED) is 0.840. The number of nitrogens with zero attached hydrogens (tertiary/aromatic N) is 2. The third kappa shape index (κ3) is 3.31. The molecular weight excluding hydrogens is 266 g/mol. The SMILES string of the molecule is CN(Cc1cccc(C#N)c1)c1ccc(C(=O)O)cc1N. The van der Waals surface area contributed by atoms with Gasteiger partial charge in [0.25, 0.3) is 0 Å². The zero-order valence-corrected chi connectivity index (χ0v) is 11.6. The van der Waals surface area contributed by atoms with E-state index in [0.717, 1.165) is 11.3 Å². The minimum atomic E-state index is -1.00. The normalized spacial score (nSPS) is 9.90. The van der Waals surface area contributed by atoms with Gasteiger partial charge in [-0.1, -0.05) is 12.1 Å². The molecule has 0 aliphatic carbocycles. The lowest BCUT2D eigenvalue weighted by Gasteiger charge is -2.21. The van der Waals surface area contributed by atoms with Crippen LogP contribution in [0, 0.1) is 11.3 Å². The number of carboxylic acid groups (broad SMARTS) is 1. The molecule has 2 aromatic rings. The lowest BCUT2D eigenvalue weighted by molar-refractivity contribution is 0.0697. The number of rotatable bonds is 4. The van der Waals surface area contributed by atoms with Gasteiger partial charge in [-0.25, -0.2) is 4.79 Å². The molecule has 5 nitrogen and oxygen atoms in total. The van der Waals surface area contributed by atoms with E-state index in [0.29, 0.717) is 17.8 Å². The Morgan fingerprint density at radius 2 is 2.10 bits per heavy atom. The topological polar surface area (TPSA) is 90.3 Å². The number of carbonyl (C=O) groups is 1. The second-order valence-electron chi connectivity index (χ2n) is 4.75. The van der Waals surface area contributed by atoms with E-state index in [1.807, 2.05) is 30.1 Å². The number of nitrogens with two attached hydrogens (primary N) is 1. The summed E-state index contributed by atoms with van der Waals surface area (Å²) in [5.41, 5.74) is 8.83. The molecule has 0 aromatic heterocycles. The predicted octanol–water partition coefficient (Wildman–Crippen LogP) is 2.48. The molecule has 0 radical (unpaired) electrons. The summed E-state index contributed by atoms with van der Waals surface area (Å²) < 4.78 is 0. The van der Waals surface area contributed by atoms with Crippen molar-refractivity contribution in [2.24, 2.45) is 0 Å². The lowest BCUT2D eigenvalue weighted by Crippen LogP contribution is -2.18. The van der Waals surface area contributed by atoms with E-state index in [2.05, 4.69) is 6.07 Å². The average molecular weight is 281 g/mol. The van der Waals surface area contributed by atoms with Gasteiger partial charge in [-0.3, -0.25) is 0 Å². The number of anilines is 2. The van der Waals surface area contributed by atoms with Crippen molar-refractivity contribution in [1.29, 1.82) is 5.26 Å². The van der Waals surface area contributed by atoms with Crippen LogP contribution in [-0.4, -0.2) is 18.1 Å². The maximum Gasteiger partial charge on any atom is 0.335 e. The molecule has 21 heavy (non-hydrogen) atoms. The molecule has 0 atom stereocenters. The molecular formula is C16H15N3O2. The largest absolute Gasteiger partial charge is 0.478 e. The first kappa shape index (κ1) is 14.4. The van der Waals surface area contributed by atoms with Crippen LogP contribution in [0.2, 0.25) is 0 Å². The van der Waals surface area contributed by atoms with E-state index in [-0.39, 0.29) is 5.56 Å². The lowest BCUT2D eigenvalue weighted by atomic mass is 10.1. The van der Waals surface area contributed by atoms with Crippen molar-refractivity contribution in [2.45, 2.75) is 6.54 Å². The number of hydrogen-bond acceptors (Lipinski definition) is 4. The van der Waals surface area contributed by atoms with Crippen LogP contribution in [0.3, 0.4) is 0 Å². The molecule has 0 unspecified atom stereocenters. The van der Waals surface area contributed by atoms with E-state index in [1.165, 1.54) is 12.1 Å². The molecule has 0 spiro atoms. The van der Waals surface area contributed by atoms with Gasteiger partial charge in [0.1, 0.15) is 0 Å². The first-order valence-electron chi connectivity index (χ1n) is 6.34. The summed E-state index contributed by atoms with van der Waals surface area (Å²) >= 11 is 0. The summed E-state index contributed by atoms with van der Waals surface area (Å²) in [5, 5.41) is 17.8. The third-order valence-corrected chi connectivity index (χ3v) is 3.16. The van der Waals surface area contributed by atoms with Crippen molar-refractivity contribution in [3.63, 3.8) is 0 Å². The van der Waals surface area contributed by atoms with Gasteiger partial charge >= 0.3 is 5.97 Å². The number of carboxylic acids is 1. The van der Waals surface area contributed by atoms with Gasteiger partial charge in [0.2, 0.25) is 0 Å². The van der Waals surface area contributed by atoms with E-state index in [9.17, 15) is 4.79 Å². The minimum Gasteiger partial charge on any atom is -0.478 e. The van der Waals surface area contributed by atoms with Crippen molar-refractivity contribution in [3.8, 4) is 6.07 Å². The van der Waals surface area contributed by atoms with Crippen LogP contribution in [0.5, 0.6) is 0 Å². The van der Waals surface area contributed by atoms with Crippen LogP contribution in [0.25, 0.3) is 0 Å². The van der Waals surface area contributed by atoms with E-state index < -0.39 is 5.97 Å². The van der Waals surface area contributed by atoms with Crippen LogP contribution in [0.15, 0.2) is 42.5 Å². The summed E-state index contributed by atoms with van der Waals surface area (Å²) in [5.74, 6) is -1.00. The van der Waals surface area contributed by atoms with Gasteiger partial charge in [-0.05, 0) is 35.9 Å². The first-order valence-corrected chi connectivity index (χ1v) is 6.34. The van der Waals surface area contributed by atoms with Crippen molar-refractivity contribution >= 4 is 17.3 Å². The fraction of sp³-hybridized carbons (Fsp3) is 0.125. The highest BCUT2D eigenvalue weighted by atomic mass is 16.4. The zero-order valence-electron chi connectivity index (χ0n) is 11.6. The Labute approximate surface area is 122 Å². The van der Waals surface area contributed by atoms with Gasteiger partial charge in [-0.2, -0.15) is 5.26 Å². The standard InChI is InChI=1S/C16H15N3O2/c1-19(10-12-4-2-3-11(7-12)9-17)15-6-5-13(16(20)21)8-14(15)18/h2-8H,10,18H2,1H3,(H,20,21). The van der Waals surface area contributed by atoms with Gasteiger partial charge in [0.15, 0.2) is 0 Å². The van der Waals surface area contributed by atoms with Gasteiger partial charge < -0.3 is 15.7 Å². The average Bonchev–Trinajstić information content (AvgIpc) is 2.47. The molecule has 5 heteroatoms. The summed E-state index contributed by atoms with van der Waals surface area (Å²) in [6, 6.07) is 14.1. The predicted molar refractivity (Wildman–Crippen MR) is 81.1 cm³/mol. The molecule has 2 aromatic carbocycles. The van der Waals surface area contributed by atoms with Crippen molar-refractivity contribution in [3.05, 3.63) is 59.2 Å². The molecule has 2 rings (SSSR count). The maximum atomic E-state index is 10.9. The summed E-state index contributed by atoms with van der Waals surface area (Å²) in [6.45, 7) is 0.576. The molecule has 0 saturated heterocycles. The Balaban J connectivity index is 2.22. The number of nitriles is 1. The molecule has 0 bridgehead atoms. The Morgan fingerprint density at radius 1 is 1.33 bits per heavy atom. The number of benzene rings is 2. The van der Waals surface area contributed by atoms with E-state index in [1.54, 1.807) is 12.1 Å². The number of nitrogen functional groups attached to an aromatic ring is 1. The Morgan fingerprint density at radius 3 is 2.71 bits per heavy atom. The minimum absolute atomic E-state index is 0.163. The number of hydrogen-bond donors (Lipinski definition) is 2. The monoisotopic (exact) mass is 281 g/mol.